The average Bonchev–Trinajstić information content (AvgIpc) is 2.73. The molecule has 0 fully saturated rings. The zero-order valence-electron chi connectivity index (χ0n) is 11.8. The van der Waals surface area contributed by atoms with Gasteiger partial charge < -0.3 is 10.4 Å². The van der Waals surface area contributed by atoms with Crippen LogP contribution in [0.4, 0.5) is 11.4 Å². The van der Waals surface area contributed by atoms with Crippen molar-refractivity contribution < 1.29 is 10.0 Å². The highest BCUT2D eigenvalue weighted by Crippen LogP contribution is 2.37. The van der Waals surface area contributed by atoms with Crippen LogP contribution < -0.4 is 5.32 Å². The molecule has 2 rings (SSSR count). The molecular formula is C13H17N3O3S. The number of hydrogen-bond acceptors (Lipinski definition) is 6. The fraction of sp³-hybridized carbons (Fsp3) is 0.462. The molecule has 0 saturated heterocycles. The second kappa shape index (κ2) is 4.68. The van der Waals surface area contributed by atoms with E-state index < -0.39 is 16.1 Å². The summed E-state index contributed by atoms with van der Waals surface area (Å²) in [6, 6.07) is 3.45. The molecule has 2 aromatic rings. The fourth-order valence-electron chi connectivity index (χ4n) is 1.69. The maximum atomic E-state index is 11.3. The molecule has 1 aromatic heterocycles. The zero-order valence-corrected chi connectivity index (χ0v) is 12.6. The second-order valence-electron chi connectivity index (χ2n) is 5.73. The minimum atomic E-state index is -1.04. The van der Waals surface area contributed by atoms with Crippen LogP contribution in [0.2, 0.25) is 0 Å². The third kappa shape index (κ3) is 2.46. The Kier molecular flexibility index (Phi) is 3.43. The summed E-state index contributed by atoms with van der Waals surface area (Å²) in [6.45, 7) is 6.91. The molecule has 0 saturated carbocycles. The molecule has 6 nitrogen and oxygen atoms in total. The highest BCUT2D eigenvalue weighted by molar-refractivity contribution is 7.16. The summed E-state index contributed by atoms with van der Waals surface area (Å²) >= 11 is 1.36. The van der Waals surface area contributed by atoms with Crippen LogP contribution in [0.5, 0.6) is 0 Å². The molecular weight excluding hydrogens is 278 g/mol. The quantitative estimate of drug-likeness (QED) is 0.668. The van der Waals surface area contributed by atoms with Crippen LogP contribution >= 0.6 is 11.3 Å². The van der Waals surface area contributed by atoms with Gasteiger partial charge in [0.1, 0.15) is 5.69 Å². The normalized spacial score (nSPS) is 12.7. The highest BCUT2D eigenvalue weighted by Gasteiger charge is 2.36. The van der Waals surface area contributed by atoms with Crippen molar-refractivity contribution in [2.75, 3.05) is 5.32 Å². The Labute approximate surface area is 120 Å². The number of nitrogens with one attached hydrogen (secondary N) is 1. The topological polar surface area (TPSA) is 88.3 Å². The van der Waals surface area contributed by atoms with E-state index in [4.69, 9.17) is 0 Å². The molecule has 0 aliphatic carbocycles. The van der Waals surface area contributed by atoms with E-state index >= 15 is 0 Å². The molecule has 0 unspecified atom stereocenters. The van der Waals surface area contributed by atoms with Gasteiger partial charge in [-0.15, -0.1) is 11.3 Å². The van der Waals surface area contributed by atoms with Crippen molar-refractivity contribution in [3.8, 4) is 0 Å². The van der Waals surface area contributed by atoms with Crippen LogP contribution in [0.15, 0.2) is 17.6 Å². The number of thiazole rings is 1. The Bertz CT molecular complexity index is 658. The number of nitro benzene ring substituents is 1. The van der Waals surface area contributed by atoms with Crippen molar-refractivity contribution in [2.24, 2.45) is 0 Å². The lowest BCUT2D eigenvalue weighted by Gasteiger charge is -2.38. The van der Waals surface area contributed by atoms with Crippen LogP contribution in [0.25, 0.3) is 10.2 Å². The summed E-state index contributed by atoms with van der Waals surface area (Å²) in [5.41, 5.74) is 0.486. The Balaban J connectivity index is 2.55. The number of nitrogens with zero attached hydrogens (tertiary/aromatic N) is 2. The van der Waals surface area contributed by atoms with Crippen molar-refractivity contribution in [3.63, 3.8) is 0 Å². The van der Waals surface area contributed by atoms with E-state index in [0.29, 0.717) is 11.2 Å². The van der Waals surface area contributed by atoms with E-state index in [-0.39, 0.29) is 5.69 Å². The van der Waals surface area contributed by atoms with Crippen molar-refractivity contribution in [2.45, 2.75) is 38.8 Å². The van der Waals surface area contributed by atoms with Crippen LogP contribution in [-0.4, -0.2) is 26.2 Å². The van der Waals surface area contributed by atoms with Crippen molar-refractivity contribution in [1.29, 1.82) is 0 Å². The molecule has 1 heterocycles. The van der Waals surface area contributed by atoms with Gasteiger partial charge in [-0.2, -0.15) is 0 Å². The lowest BCUT2D eigenvalue weighted by atomic mass is 9.85. The summed E-state index contributed by atoms with van der Waals surface area (Å²) in [7, 11) is 0. The molecule has 7 heteroatoms. The third-order valence-electron chi connectivity index (χ3n) is 3.63. The monoisotopic (exact) mass is 295 g/mol. The summed E-state index contributed by atoms with van der Waals surface area (Å²) in [5, 5.41) is 24.6. The minimum absolute atomic E-state index is 0.0546. The summed E-state index contributed by atoms with van der Waals surface area (Å²) in [5.74, 6) is 0. The van der Waals surface area contributed by atoms with Crippen molar-refractivity contribution >= 4 is 32.9 Å². The average molecular weight is 295 g/mol. The van der Waals surface area contributed by atoms with E-state index in [2.05, 4.69) is 10.3 Å². The van der Waals surface area contributed by atoms with E-state index in [9.17, 15) is 15.2 Å². The maximum absolute atomic E-state index is 11.3. The van der Waals surface area contributed by atoms with Gasteiger partial charge in [-0.1, -0.05) is 0 Å². The smallest absolute Gasteiger partial charge is 0.319 e. The van der Waals surface area contributed by atoms with Gasteiger partial charge in [0.05, 0.1) is 26.3 Å². The molecule has 20 heavy (non-hydrogen) atoms. The van der Waals surface area contributed by atoms with Crippen molar-refractivity contribution in [3.05, 3.63) is 27.8 Å². The Morgan fingerprint density at radius 3 is 2.55 bits per heavy atom. The lowest BCUT2D eigenvalue weighted by Crippen LogP contribution is -2.51. The molecule has 0 bridgehead atoms. The van der Waals surface area contributed by atoms with E-state index in [1.165, 1.54) is 11.3 Å². The number of aromatic nitrogens is 1. The minimum Gasteiger partial charge on any atom is -0.388 e. The van der Waals surface area contributed by atoms with E-state index in [0.717, 1.165) is 4.70 Å². The summed E-state index contributed by atoms with van der Waals surface area (Å²) in [4.78, 5) is 15.0. The van der Waals surface area contributed by atoms with Gasteiger partial charge in [0, 0.05) is 0 Å². The maximum Gasteiger partial charge on any atom is 0.319 e. The first kappa shape index (κ1) is 14.7. The van der Waals surface area contributed by atoms with Gasteiger partial charge in [0.2, 0.25) is 0 Å². The fourth-order valence-corrected chi connectivity index (χ4v) is 2.37. The number of nitro groups is 1. The largest absolute Gasteiger partial charge is 0.388 e. The van der Waals surface area contributed by atoms with Gasteiger partial charge >= 0.3 is 5.69 Å². The van der Waals surface area contributed by atoms with Crippen LogP contribution in [0.3, 0.4) is 0 Å². The van der Waals surface area contributed by atoms with Gasteiger partial charge in [-0.3, -0.25) is 10.1 Å². The van der Waals surface area contributed by atoms with Gasteiger partial charge in [0.15, 0.2) is 5.52 Å². The molecule has 0 aliphatic heterocycles. The molecule has 0 spiro atoms. The first-order chi connectivity index (χ1) is 9.13. The Morgan fingerprint density at radius 2 is 2.00 bits per heavy atom. The number of hydrogen-bond donors (Lipinski definition) is 2. The second-order valence-corrected chi connectivity index (χ2v) is 6.61. The molecule has 0 atom stereocenters. The van der Waals surface area contributed by atoms with Gasteiger partial charge in [-0.25, -0.2) is 4.98 Å². The van der Waals surface area contributed by atoms with Crippen LogP contribution in [0.1, 0.15) is 27.7 Å². The molecule has 0 aliphatic rings. The number of anilines is 1. The number of benzene rings is 1. The van der Waals surface area contributed by atoms with Gasteiger partial charge in [-0.05, 0) is 39.8 Å². The third-order valence-corrected chi connectivity index (χ3v) is 4.43. The van der Waals surface area contributed by atoms with E-state index in [1.807, 2.05) is 0 Å². The summed E-state index contributed by atoms with van der Waals surface area (Å²) in [6.07, 6.45) is 0. The van der Waals surface area contributed by atoms with Crippen LogP contribution in [-0.2, 0) is 0 Å². The number of rotatable bonds is 4. The Hall–Kier alpha value is -1.73. The molecule has 0 radical (unpaired) electrons. The zero-order chi connectivity index (χ0) is 15.1. The lowest BCUT2D eigenvalue weighted by molar-refractivity contribution is -0.382. The molecule has 2 N–H and O–H groups in total. The first-order valence-electron chi connectivity index (χ1n) is 6.14. The van der Waals surface area contributed by atoms with Crippen LogP contribution in [0, 0.1) is 10.1 Å². The summed E-state index contributed by atoms with van der Waals surface area (Å²) < 4.78 is 0.767. The first-order valence-corrected chi connectivity index (χ1v) is 7.02. The van der Waals surface area contributed by atoms with Gasteiger partial charge in [0.25, 0.3) is 0 Å². The standard InChI is InChI=1S/C13H17N3O3S/c1-12(2,13(3,4)17)15-8-5-6-9-10(14-7-20-9)11(8)16(18)19/h5-7,15,17H,1-4H3. The predicted octanol–water partition coefficient (Wildman–Crippen LogP) is 3.17. The number of aliphatic hydroxyl groups is 1. The van der Waals surface area contributed by atoms with Crippen molar-refractivity contribution in [1.82, 2.24) is 4.98 Å². The SMILES string of the molecule is CC(C)(O)C(C)(C)Nc1ccc2scnc2c1[N+](=O)[O-]. The molecule has 108 valence electrons. The molecule has 0 amide bonds. The van der Waals surface area contributed by atoms with E-state index in [1.54, 1.807) is 45.3 Å². The Morgan fingerprint density at radius 1 is 1.35 bits per heavy atom. The molecule has 1 aromatic carbocycles. The number of fused-ring (bicyclic) bond motifs is 1. The highest BCUT2D eigenvalue weighted by atomic mass is 32.1. The predicted molar refractivity (Wildman–Crippen MR) is 80.3 cm³/mol.